The SMILES string of the molecule is COC(=O)c1c(O)c2c(C)c(F)ccc2n(C)c1=O. The molecule has 1 aromatic carbocycles. The molecule has 0 amide bonds. The number of benzene rings is 1. The quantitative estimate of drug-likeness (QED) is 0.793. The maximum atomic E-state index is 13.6. The van der Waals surface area contributed by atoms with Gasteiger partial charge in [-0.1, -0.05) is 0 Å². The van der Waals surface area contributed by atoms with E-state index < -0.39 is 28.7 Å². The number of fused-ring (bicyclic) bond motifs is 1. The molecule has 0 unspecified atom stereocenters. The second-order valence-electron chi connectivity index (χ2n) is 4.15. The van der Waals surface area contributed by atoms with Gasteiger partial charge in [0.25, 0.3) is 5.56 Å². The van der Waals surface area contributed by atoms with Crippen LogP contribution in [0.5, 0.6) is 5.75 Å². The summed E-state index contributed by atoms with van der Waals surface area (Å²) >= 11 is 0. The summed E-state index contributed by atoms with van der Waals surface area (Å²) in [5.74, 6) is -2.04. The van der Waals surface area contributed by atoms with Crippen molar-refractivity contribution in [3.63, 3.8) is 0 Å². The van der Waals surface area contributed by atoms with Crippen LogP contribution in [0.25, 0.3) is 10.9 Å². The molecule has 1 aromatic heterocycles. The molecule has 0 saturated carbocycles. The van der Waals surface area contributed by atoms with Crippen molar-refractivity contribution in [2.45, 2.75) is 6.92 Å². The first-order valence-electron chi connectivity index (χ1n) is 5.49. The van der Waals surface area contributed by atoms with Gasteiger partial charge in [-0.25, -0.2) is 9.18 Å². The molecule has 2 rings (SSSR count). The molecule has 0 aliphatic heterocycles. The van der Waals surface area contributed by atoms with Crippen LogP contribution < -0.4 is 5.56 Å². The van der Waals surface area contributed by atoms with Crippen molar-refractivity contribution in [1.82, 2.24) is 4.57 Å². The Bertz CT molecular complexity index is 749. The predicted octanol–water partition coefficient (Wildman–Crippen LogP) is 1.48. The molecule has 0 fully saturated rings. The van der Waals surface area contributed by atoms with Gasteiger partial charge in [0.05, 0.1) is 12.6 Å². The monoisotopic (exact) mass is 265 g/mol. The van der Waals surface area contributed by atoms with Gasteiger partial charge in [0, 0.05) is 12.4 Å². The highest BCUT2D eigenvalue weighted by atomic mass is 19.1. The molecule has 0 aliphatic carbocycles. The Kier molecular flexibility index (Phi) is 3.01. The maximum absolute atomic E-state index is 13.6. The fourth-order valence-corrected chi connectivity index (χ4v) is 2.04. The van der Waals surface area contributed by atoms with Crippen molar-refractivity contribution in [1.29, 1.82) is 0 Å². The second kappa shape index (κ2) is 4.38. The van der Waals surface area contributed by atoms with E-state index in [1.165, 1.54) is 30.7 Å². The van der Waals surface area contributed by atoms with Gasteiger partial charge in [-0.15, -0.1) is 0 Å². The molecule has 0 atom stereocenters. The number of ether oxygens (including phenoxy) is 1. The first-order chi connectivity index (χ1) is 8.90. The summed E-state index contributed by atoms with van der Waals surface area (Å²) in [4.78, 5) is 23.6. The number of esters is 1. The molecule has 1 heterocycles. The average molecular weight is 265 g/mol. The van der Waals surface area contributed by atoms with Crippen LogP contribution in [0.1, 0.15) is 15.9 Å². The number of hydrogen-bond donors (Lipinski definition) is 1. The minimum atomic E-state index is -0.955. The minimum Gasteiger partial charge on any atom is -0.506 e. The number of rotatable bonds is 1. The van der Waals surface area contributed by atoms with Crippen LogP contribution in [0.15, 0.2) is 16.9 Å². The lowest BCUT2D eigenvalue weighted by Crippen LogP contribution is -2.25. The van der Waals surface area contributed by atoms with Crippen molar-refractivity contribution in [3.05, 3.63) is 39.4 Å². The van der Waals surface area contributed by atoms with Crippen LogP contribution in [0.2, 0.25) is 0 Å². The molecule has 0 radical (unpaired) electrons. The van der Waals surface area contributed by atoms with Gasteiger partial charge in [-0.2, -0.15) is 0 Å². The molecule has 19 heavy (non-hydrogen) atoms. The third kappa shape index (κ3) is 1.76. The van der Waals surface area contributed by atoms with Crippen LogP contribution in [0.4, 0.5) is 4.39 Å². The van der Waals surface area contributed by atoms with Crippen LogP contribution >= 0.6 is 0 Å². The van der Waals surface area contributed by atoms with Gasteiger partial charge < -0.3 is 14.4 Å². The zero-order chi connectivity index (χ0) is 14.3. The van der Waals surface area contributed by atoms with Crippen molar-refractivity contribution in [2.75, 3.05) is 7.11 Å². The number of halogens is 1. The Morgan fingerprint density at radius 1 is 1.42 bits per heavy atom. The molecular formula is C13H12FNO4. The largest absolute Gasteiger partial charge is 0.506 e. The molecule has 2 aromatic rings. The van der Waals surface area contributed by atoms with E-state index in [0.717, 1.165) is 7.11 Å². The van der Waals surface area contributed by atoms with Crippen LogP contribution in [0, 0.1) is 12.7 Å². The summed E-state index contributed by atoms with van der Waals surface area (Å²) in [6.45, 7) is 1.46. The molecule has 0 aliphatic rings. The average Bonchev–Trinajstić information content (AvgIpc) is 2.39. The maximum Gasteiger partial charge on any atom is 0.347 e. The Labute approximate surface area is 107 Å². The number of carbonyl (C=O) groups is 1. The molecule has 6 heteroatoms. The molecule has 0 spiro atoms. The van der Waals surface area contributed by atoms with E-state index in [4.69, 9.17) is 0 Å². The summed E-state index contributed by atoms with van der Waals surface area (Å²) in [5, 5.41) is 10.2. The highest BCUT2D eigenvalue weighted by Gasteiger charge is 2.23. The zero-order valence-electron chi connectivity index (χ0n) is 10.7. The molecule has 1 N–H and O–H groups in total. The number of methoxy groups -OCH3 is 1. The summed E-state index contributed by atoms with van der Waals surface area (Å²) < 4.78 is 19.2. The lowest BCUT2D eigenvalue weighted by atomic mass is 10.0. The normalized spacial score (nSPS) is 10.7. The van der Waals surface area contributed by atoms with E-state index in [2.05, 4.69) is 4.74 Å². The number of aryl methyl sites for hydroxylation is 2. The van der Waals surface area contributed by atoms with Gasteiger partial charge in [0.15, 0.2) is 5.56 Å². The number of aromatic hydroxyl groups is 1. The Morgan fingerprint density at radius 2 is 2.05 bits per heavy atom. The van der Waals surface area contributed by atoms with E-state index in [0.29, 0.717) is 5.52 Å². The van der Waals surface area contributed by atoms with Crippen LogP contribution in [-0.4, -0.2) is 22.8 Å². The van der Waals surface area contributed by atoms with Crippen LogP contribution in [-0.2, 0) is 11.8 Å². The summed E-state index contributed by atoms with van der Waals surface area (Å²) in [7, 11) is 2.54. The molecule has 0 bridgehead atoms. The topological polar surface area (TPSA) is 68.5 Å². The summed E-state index contributed by atoms with van der Waals surface area (Å²) in [6.07, 6.45) is 0. The van der Waals surface area contributed by atoms with E-state index >= 15 is 0 Å². The summed E-state index contributed by atoms with van der Waals surface area (Å²) in [6, 6.07) is 2.58. The number of aromatic nitrogens is 1. The Hall–Kier alpha value is -2.37. The fraction of sp³-hybridized carbons (Fsp3) is 0.231. The number of nitrogens with zero attached hydrogens (tertiary/aromatic N) is 1. The predicted molar refractivity (Wildman–Crippen MR) is 66.9 cm³/mol. The molecular weight excluding hydrogens is 253 g/mol. The minimum absolute atomic E-state index is 0.127. The Balaban J connectivity index is 3.07. The van der Waals surface area contributed by atoms with Gasteiger partial charge in [0.1, 0.15) is 11.6 Å². The second-order valence-corrected chi connectivity index (χ2v) is 4.15. The zero-order valence-corrected chi connectivity index (χ0v) is 10.7. The van der Waals surface area contributed by atoms with E-state index in [9.17, 15) is 19.1 Å². The highest BCUT2D eigenvalue weighted by Crippen LogP contribution is 2.30. The lowest BCUT2D eigenvalue weighted by Gasteiger charge is -2.12. The molecule has 100 valence electrons. The third-order valence-electron chi connectivity index (χ3n) is 3.12. The fourth-order valence-electron chi connectivity index (χ4n) is 2.04. The number of pyridine rings is 1. The third-order valence-corrected chi connectivity index (χ3v) is 3.12. The van der Waals surface area contributed by atoms with Crippen molar-refractivity contribution >= 4 is 16.9 Å². The van der Waals surface area contributed by atoms with Gasteiger partial charge in [0.2, 0.25) is 0 Å². The molecule has 5 nitrogen and oxygen atoms in total. The van der Waals surface area contributed by atoms with E-state index in [-0.39, 0.29) is 10.9 Å². The lowest BCUT2D eigenvalue weighted by molar-refractivity contribution is 0.0595. The number of hydrogen-bond acceptors (Lipinski definition) is 4. The van der Waals surface area contributed by atoms with Crippen molar-refractivity contribution in [2.24, 2.45) is 7.05 Å². The summed E-state index contributed by atoms with van der Waals surface area (Å²) in [5.41, 5.74) is -0.682. The van der Waals surface area contributed by atoms with E-state index in [1.54, 1.807) is 0 Å². The Morgan fingerprint density at radius 3 is 2.63 bits per heavy atom. The first kappa shape index (κ1) is 13.1. The van der Waals surface area contributed by atoms with Gasteiger partial charge in [-0.3, -0.25) is 4.79 Å². The van der Waals surface area contributed by atoms with Gasteiger partial charge >= 0.3 is 5.97 Å². The standard InChI is InChI=1S/C13H12FNO4/c1-6-7(14)4-5-8-9(6)11(16)10(13(18)19-3)12(17)15(8)2/h4-5,16H,1-3H3. The smallest absolute Gasteiger partial charge is 0.347 e. The highest BCUT2D eigenvalue weighted by molar-refractivity contribution is 6.00. The van der Waals surface area contributed by atoms with Crippen LogP contribution in [0.3, 0.4) is 0 Å². The van der Waals surface area contributed by atoms with E-state index in [1.807, 2.05) is 0 Å². The van der Waals surface area contributed by atoms with Crippen molar-refractivity contribution < 1.29 is 19.0 Å². The molecule has 0 saturated heterocycles. The number of carbonyl (C=O) groups excluding carboxylic acids is 1. The van der Waals surface area contributed by atoms with Gasteiger partial charge in [-0.05, 0) is 24.6 Å². The van der Waals surface area contributed by atoms with Crippen molar-refractivity contribution in [3.8, 4) is 5.75 Å². The first-order valence-corrected chi connectivity index (χ1v) is 5.49.